The monoisotopic (exact) mass is 271 g/mol. The van der Waals surface area contributed by atoms with Gasteiger partial charge in [-0.25, -0.2) is 16.8 Å². The second-order valence-corrected chi connectivity index (χ2v) is 9.06. The van der Waals surface area contributed by atoms with Crippen LogP contribution in [0, 0.1) is 0 Å². The molecule has 16 heavy (non-hydrogen) atoms. The summed E-state index contributed by atoms with van der Waals surface area (Å²) in [7, 11) is -7.41. The molecular weight excluding hydrogens is 254 g/mol. The molecule has 0 aromatic heterocycles. The van der Waals surface area contributed by atoms with Crippen molar-refractivity contribution in [3.63, 3.8) is 0 Å². The minimum Gasteiger partial charge on any atom is -0.389 e. The maximum atomic E-state index is 11.7. The van der Waals surface area contributed by atoms with Crippen LogP contribution in [-0.4, -0.2) is 56.3 Å². The molecule has 0 saturated carbocycles. The summed E-state index contributed by atoms with van der Waals surface area (Å²) in [5, 5.41) is 8.86. The van der Waals surface area contributed by atoms with Gasteiger partial charge in [-0.1, -0.05) is 0 Å². The van der Waals surface area contributed by atoms with Crippen LogP contribution in [0.1, 0.15) is 19.8 Å². The van der Waals surface area contributed by atoms with Crippen LogP contribution >= 0.6 is 0 Å². The number of hydrogen-bond acceptors (Lipinski definition) is 5. The zero-order valence-corrected chi connectivity index (χ0v) is 11.0. The van der Waals surface area contributed by atoms with E-state index in [2.05, 4.69) is 0 Å². The Morgan fingerprint density at radius 1 is 1.31 bits per heavy atom. The van der Waals surface area contributed by atoms with E-state index in [4.69, 9.17) is 0 Å². The average molecular weight is 271 g/mol. The molecule has 96 valence electrons. The van der Waals surface area contributed by atoms with Crippen molar-refractivity contribution in [3.05, 3.63) is 0 Å². The summed E-state index contributed by atoms with van der Waals surface area (Å²) in [6.45, 7) is 1.79. The van der Waals surface area contributed by atoms with Crippen LogP contribution in [0.3, 0.4) is 0 Å². The molecule has 1 aliphatic heterocycles. The number of nitrogens with zero attached hydrogens (tertiary/aromatic N) is 1. The molecule has 0 amide bonds. The zero-order chi connectivity index (χ0) is 12.6. The summed E-state index contributed by atoms with van der Waals surface area (Å²) in [4.78, 5) is 0. The van der Waals surface area contributed by atoms with Gasteiger partial charge in [0.2, 0.25) is 10.0 Å². The molecule has 1 atom stereocenters. The van der Waals surface area contributed by atoms with E-state index in [1.807, 2.05) is 0 Å². The first-order valence-electron chi connectivity index (χ1n) is 4.90. The lowest BCUT2D eigenvalue weighted by Crippen LogP contribution is -2.49. The highest BCUT2D eigenvalue weighted by atomic mass is 32.3. The van der Waals surface area contributed by atoms with E-state index in [9.17, 15) is 21.9 Å². The second kappa shape index (κ2) is 4.25. The average Bonchev–Trinajstić information content (AvgIpc) is 1.97. The summed E-state index contributed by atoms with van der Waals surface area (Å²) in [5.41, 5.74) is -1.07. The second-order valence-electron chi connectivity index (χ2n) is 4.59. The SMILES string of the molecule is CC1(O)CCCN(S(=O)(=O)CS(C)(=O)=O)C1. The quantitative estimate of drug-likeness (QED) is 0.723. The van der Waals surface area contributed by atoms with Crippen molar-refractivity contribution in [1.82, 2.24) is 4.31 Å². The molecule has 0 radical (unpaired) electrons. The van der Waals surface area contributed by atoms with E-state index in [1.54, 1.807) is 6.92 Å². The minimum absolute atomic E-state index is 0.0369. The smallest absolute Gasteiger partial charge is 0.228 e. The molecule has 6 nitrogen and oxygen atoms in total. The first-order chi connectivity index (χ1) is 7.02. The molecule has 0 spiro atoms. The molecule has 1 N–H and O–H groups in total. The summed E-state index contributed by atoms with van der Waals surface area (Å²) in [6, 6.07) is 0. The fourth-order valence-electron chi connectivity index (χ4n) is 1.76. The number of β-amino-alcohol motifs (C(OH)–C–C–N with tert-alkyl or cyclic N) is 1. The third-order valence-corrected chi connectivity index (χ3v) is 6.40. The van der Waals surface area contributed by atoms with Gasteiger partial charge in [0.25, 0.3) is 0 Å². The van der Waals surface area contributed by atoms with Crippen molar-refractivity contribution >= 4 is 19.9 Å². The van der Waals surface area contributed by atoms with Crippen molar-refractivity contribution in [2.75, 3.05) is 24.4 Å². The molecule has 1 rings (SSSR count). The largest absolute Gasteiger partial charge is 0.389 e. The van der Waals surface area contributed by atoms with Gasteiger partial charge in [0.05, 0.1) is 5.60 Å². The standard InChI is InChI=1S/C8H17NO5S2/c1-8(10)4-3-5-9(6-8)16(13,14)7-15(2,11)12/h10H,3-7H2,1-2H3. The van der Waals surface area contributed by atoms with Gasteiger partial charge >= 0.3 is 0 Å². The number of sulfone groups is 1. The van der Waals surface area contributed by atoms with Gasteiger partial charge in [0.1, 0.15) is 0 Å². The van der Waals surface area contributed by atoms with E-state index >= 15 is 0 Å². The Labute approximate surface area is 96.2 Å². The van der Waals surface area contributed by atoms with Gasteiger partial charge < -0.3 is 5.11 Å². The number of sulfonamides is 1. The zero-order valence-electron chi connectivity index (χ0n) is 9.38. The molecule has 0 aromatic rings. The molecule has 8 heteroatoms. The van der Waals surface area contributed by atoms with Crippen LogP contribution < -0.4 is 0 Å². The molecule has 0 aliphatic carbocycles. The predicted octanol–water partition coefficient (Wildman–Crippen LogP) is -0.835. The molecule has 1 unspecified atom stereocenters. The molecule has 1 aliphatic rings. The van der Waals surface area contributed by atoms with Crippen LogP contribution in [-0.2, 0) is 19.9 Å². The van der Waals surface area contributed by atoms with Gasteiger partial charge in [-0.2, -0.15) is 4.31 Å². The lowest BCUT2D eigenvalue weighted by molar-refractivity contribution is 0.00952. The Bertz CT molecular complexity index is 451. The molecule has 0 aromatic carbocycles. The first-order valence-corrected chi connectivity index (χ1v) is 8.57. The number of rotatable bonds is 3. The van der Waals surface area contributed by atoms with E-state index in [-0.39, 0.29) is 13.1 Å². The van der Waals surface area contributed by atoms with Crippen molar-refractivity contribution in [2.45, 2.75) is 25.4 Å². The molecule has 0 bridgehead atoms. The first kappa shape index (κ1) is 13.9. The van der Waals surface area contributed by atoms with E-state index in [0.717, 1.165) is 10.6 Å². The van der Waals surface area contributed by atoms with Crippen molar-refractivity contribution in [3.8, 4) is 0 Å². The topological polar surface area (TPSA) is 91.8 Å². The molecule has 1 saturated heterocycles. The van der Waals surface area contributed by atoms with Crippen LogP contribution in [0.5, 0.6) is 0 Å². The third-order valence-electron chi connectivity index (χ3n) is 2.40. The minimum atomic E-state index is -3.83. The lowest BCUT2D eigenvalue weighted by atomic mass is 9.97. The van der Waals surface area contributed by atoms with E-state index in [1.165, 1.54) is 0 Å². The molecule has 1 fully saturated rings. The van der Waals surface area contributed by atoms with Crippen molar-refractivity contribution in [1.29, 1.82) is 0 Å². The van der Waals surface area contributed by atoms with Crippen LogP contribution in [0.4, 0.5) is 0 Å². The summed E-state index contributed by atoms with van der Waals surface area (Å²) in [5.74, 6) is 0. The number of aliphatic hydroxyl groups is 1. The maximum Gasteiger partial charge on any atom is 0.228 e. The molecule has 1 heterocycles. The van der Waals surface area contributed by atoms with Gasteiger partial charge in [-0.05, 0) is 19.8 Å². The Morgan fingerprint density at radius 3 is 2.31 bits per heavy atom. The fourth-order valence-corrected chi connectivity index (χ4v) is 5.40. The Balaban J connectivity index is 2.85. The van der Waals surface area contributed by atoms with Gasteiger partial charge in [0, 0.05) is 19.3 Å². The fraction of sp³-hybridized carbons (Fsp3) is 1.00. The van der Waals surface area contributed by atoms with Gasteiger partial charge in [-0.15, -0.1) is 0 Å². The van der Waals surface area contributed by atoms with Crippen LogP contribution in [0.25, 0.3) is 0 Å². The van der Waals surface area contributed by atoms with Gasteiger partial charge in [-0.3, -0.25) is 0 Å². The van der Waals surface area contributed by atoms with Crippen LogP contribution in [0.2, 0.25) is 0 Å². The number of piperidine rings is 1. The van der Waals surface area contributed by atoms with Crippen molar-refractivity contribution in [2.24, 2.45) is 0 Å². The summed E-state index contributed by atoms with van der Waals surface area (Å²) >= 11 is 0. The third kappa shape index (κ3) is 4.00. The predicted molar refractivity (Wildman–Crippen MR) is 60.1 cm³/mol. The maximum absolute atomic E-state index is 11.7. The highest BCUT2D eigenvalue weighted by Crippen LogP contribution is 2.22. The van der Waals surface area contributed by atoms with Crippen molar-refractivity contribution < 1.29 is 21.9 Å². The number of hydrogen-bond donors (Lipinski definition) is 1. The normalized spacial score (nSPS) is 29.2. The highest BCUT2D eigenvalue weighted by Gasteiger charge is 2.36. The van der Waals surface area contributed by atoms with Crippen LogP contribution in [0.15, 0.2) is 0 Å². The highest BCUT2D eigenvalue weighted by molar-refractivity contribution is 8.06. The van der Waals surface area contributed by atoms with E-state index < -0.39 is 30.5 Å². The molecular formula is C8H17NO5S2. The summed E-state index contributed by atoms with van der Waals surface area (Å²) in [6.07, 6.45) is 1.94. The van der Waals surface area contributed by atoms with Gasteiger partial charge in [0.15, 0.2) is 14.9 Å². The Morgan fingerprint density at radius 2 is 1.88 bits per heavy atom. The summed E-state index contributed by atoms with van der Waals surface area (Å²) < 4.78 is 46.5. The Hall–Kier alpha value is -0.180. The lowest BCUT2D eigenvalue weighted by Gasteiger charge is -2.35. The Kier molecular flexibility index (Phi) is 3.68. The van der Waals surface area contributed by atoms with E-state index in [0.29, 0.717) is 12.8 Å².